The van der Waals surface area contributed by atoms with Crippen molar-refractivity contribution >= 4 is 23.4 Å². The SMILES string of the molecule is O=C(c1ccc(CSc2ncn[nH]2)cc1)N1CCN(c2ccc(F)cc2)CC1. The van der Waals surface area contributed by atoms with Gasteiger partial charge in [0.1, 0.15) is 12.1 Å². The van der Waals surface area contributed by atoms with Crippen LogP contribution in [0.25, 0.3) is 0 Å². The lowest BCUT2D eigenvalue weighted by atomic mass is 10.1. The number of amides is 1. The molecule has 1 aliphatic heterocycles. The van der Waals surface area contributed by atoms with E-state index in [2.05, 4.69) is 20.1 Å². The van der Waals surface area contributed by atoms with E-state index in [4.69, 9.17) is 0 Å². The van der Waals surface area contributed by atoms with Gasteiger partial charge in [-0.2, -0.15) is 5.10 Å². The van der Waals surface area contributed by atoms with Gasteiger partial charge in [-0.25, -0.2) is 9.37 Å². The van der Waals surface area contributed by atoms with Gasteiger partial charge < -0.3 is 9.80 Å². The summed E-state index contributed by atoms with van der Waals surface area (Å²) in [4.78, 5) is 20.9. The minimum absolute atomic E-state index is 0.0493. The summed E-state index contributed by atoms with van der Waals surface area (Å²) in [6.07, 6.45) is 1.49. The third kappa shape index (κ3) is 4.33. The summed E-state index contributed by atoms with van der Waals surface area (Å²) in [7, 11) is 0. The van der Waals surface area contributed by atoms with Crippen LogP contribution in [0.1, 0.15) is 15.9 Å². The molecule has 1 aromatic heterocycles. The molecule has 0 saturated carbocycles. The van der Waals surface area contributed by atoms with E-state index in [1.54, 1.807) is 23.9 Å². The van der Waals surface area contributed by atoms with E-state index in [0.717, 1.165) is 35.2 Å². The normalized spacial score (nSPS) is 14.3. The fraction of sp³-hybridized carbons (Fsp3) is 0.250. The topological polar surface area (TPSA) is 65.1 Å². The predicted molar refractivity (Wildman–Crippen MR) is 107 cm³/mol. The highest BCUT2D eigenvalue weighted by Gasteiger charge is 2.22. The van der Waals surface area contributed by atoms with Crippen LogP contribution in [0.5, 0.6) is 0 Å². The number of halogens is 1. The predicted octanol–water partition coefficient (Wildman–Crippen LogP) is 3.20. The summed E-state index contributed by atoms with van der Waals surface area (Å²) in [5, 5.41) is 7.42. The summed E-state index contributed by atoms with van der Waals surface area (Å²) in [6, 6.07) is 14.2. The minimum Gasteiger partial charge on any atom is -0.368 e. The molecular weight excluding hydrogens is 377 g/mol. The molecule has 1 aliphatic rings. The van der Waals surface area contributed by atoms with Crippen LogP contribution in [0.2, 0.25) is 0 Å². The van der Waals surface area contributed by atoms with Gasteiger partial charge in [-0.1, -0.05) is 23.9 Å². The number of carbonyl (C=O) groups is 1. The van der Waals surface area contributed by atoms with E-state index in [-0.39, 0.29) is 11.7 Å². The second-order valence-electron chi connectivity index (χ2n) is 6.53. The molecule has 1 fully saturated rings. The van der Waals surface area contributed by atoms with E-state index in [0.29, 0.717) is 18.7 Å². The molecule has 6 nitrogen and oxygen atoms in total. The molecule has 8 heteroatoms. The number of piperazine rings is 1. The number of benzene rings is 2. The van der Waals surface area contributed by atoms with E-state index in [1.165, 1.54) is 18.5 Å². The van der Waals surface area contributed by atoms with Crippen molar-refractivity contribution in [2.75, 3.05) is 31.1 Å². The van der Waals surface area contributed by atoms with Crippen molar-refractivity contribution in [3.05, 3.63) is 71.8 Å². The van der Waals surface area contributed by atoms with Crippen LogP contribution >= 0.6 is 11.8 Å². The minimum atomic E-state index is -0.236. The average molecular weight is 397 g/mol. The lowest BCUT2D eigenvalue weighted by Crippen LogP contribution is -2.48. The smallest absolute Gasteiger partial charge is 0.253 e. The molecule has 0 radical (unpaired) electrons. The Kier molecular flexibility index (Phi) is 5.57. The molecule has 3 aromatic rings. The van der Waals surface area contributed by atoms with Crippen molar-refractivity contribution in [1.82, 2.24) is 20.1 Å². The Hall–Kier alpha value is -2.87. The van der Waals surface area contributed by atoms with Gasteiger partial charge >= 0.3 is 0 Å². The summed E-state index contributed by atoms with van der Waals surface area (Å²) in [5.74, 6) is 0.577. The molecule has 4 rings (SSSR count). The molecule has 0 unspecified atom stereocenters. The molecular formula is C20H20FN5OS. The molecule has 2 aromatic carbocycles. The molecule has 1 saturated heterocycles. The standard InChI is InChI=1S/C20H20FN5OS/c21-17-5-7-18(8-6-17)25-9-11-26(12-10-25)19(27)16-3-1-15(2-4-16)13-28-20-22-14-23-24-20/h1-8,14H,9-13H2,(H,22,23,24). The van der Waals surface area contributed by atoms with E-state index < -0.39 is 0 Å². The van der Waals surface area contributed by atoms with Gasteiger partial charge in [0.15, 0.2) is 5.16 Å². The van der Waals surface area contributed by atoms with Crippen LogP contribution in [0.4, 0.5) is 10.1 Å². The first-order chi connectivity index (χ1) is 13.7. The third-order valence-electron chi connectivity index (χ3n) is 4.73. The fourth-order valence-electron chi connectivity index (χ4n) is 3.16. The number of rotatable bonds is 5. The Morgan fingerprint density at radius 2 is 1.75 bits per heavy atom. The van der Waals surface area contributed by atoms with E-state index in [9.17, 15) is 9.18 Å². The molecule has 1 amide bonds. The fourth-order valence-corrected chi connectivity index (χ4v) is 3.90. The number of thioether (sulfide) groups is 1. The van der Waals surface area contributed by atoms with Crippen molar-refractivity contribution < 1.29 is 9.18 Å². The molecule has 1 N–H and O–H groups in total. The first-order valence-electron chi connectivity index (χ1n) is 9.06. The maximum absolute atomic E-state index is 13.1. The number of aromatic nitrogens is 3. The van der Waals surface area contributed by atoms with Crippen LogP contribution in [0.15, 0.2) is 60.0 Å². The third-order valence-corrected chi connectivity index (χ3v) is 5.68. The molecule has 2 heterocycles. The molecule has 144 valence electrons. The Labute approximate surface area is 166 Å². The van der Waals surface area contributed by atoms with Crippen LogP contribution in [0, 0.1) is 5.82 Å². The zero-order valence-corrected chi connectivity index (χ0v) is 16.0. The van der Waals surface area contributed by atoms with E-state index in [1.807, 2.05) is 29.2 Å². The average Bonchev–Trinajstić information content (AvgIpc) is 3.27. The zero-order chi connectivity index (χ0) is 19.3. The monoisotopic (exact) mass is 397 g/mol. The molecule has 0 aliphatic carbocycles. The number of hydrogen-bond donors (Lipinski definition) is 1. The number of aromatic amines is 1. The molecule has 28 heavy (non-hydrogen) atoms. The van der Waals surface area contributed by atoms with Gasteiger partial charge in [-0.05, 0) is 42.0 Å². The highest BCUT2D eigenvalue weighted by atomic mass is 32.2. The van der Waals surface area contributed by atoms with Crippen LogP contribution < -0.4 is 4.90 Å². The number of nitrogens with one attached hydrogen (secondary N) is 1. The quantitative estimate of drug-likeness (QED) is 0.670. The van der Waals surface area contributed by atoms with Gasteiger partial charge in [0.2, 0.25) is 0 Å². The van der Waals surface area contributed by atoms with Crippen molar-refractivity contribution in [3.63, 3.8) is 0 Å². The highest BCUT2D eigenvalue weighted by Crippen LogP contribution is 2.20. The Bertz CT molecular complexity index is 907. The zero-order valence-electron chi connectivity index (χ0n) is 15.2. The lowest BCUT2D eigenvalue weighted by molar-refractivity contribution is 0.0747. The van der Waals surface area contributed by atoms with Gasteiger partial charge in [0.25, 0.3) is 5.91 Å². The molecule has 0 spiro atoms. The molecule has 0 bridgehead atoms. The Balaban J connectivity index is 1.31. The van der Waals surface area contributed by atoms with Gasteiger partial charge in [-0.15, -0.1) is 0 Å². The van der Waals surface area contributed by atoms with Crippen molar-refractivity contribution in [2.45, 2.75) is 10.9 Å². The van der Waals surface area contributed by atoms with Crippen molar-refractivity contribution in [1.29, 1.82) is 0 Å². The summed E-state index contributed by atoms with van der Waals surface area (Å²) < 4.78 is 13.1. The number of nitrogens with zero attached hydrogens (tertiary/aromatic N) is 4. The van der Waals surface area contributed by atoms with Crippen molar-refractivity contribution in [3.8, 4) is 0 Å². The number of anilines is 1. The second kappa shape index (κ2) is 8.43. The van der Waals surface area contributed by atoms with E-state index >= 15 is 0 Å². The largest absolute Gasteiger partial charge is 0.368 e. The Morgan fingerprint density at radius 1 is 1.04 bits per heavy atom. The maximum atomic E-state index is 13.1. The Morgan fingerprint density at radius 3 is 2.39 bits per heavy atom. The lowest BCUT2D eigenvalue weighted by Gasteiger charge is -2.36. The maximum Gasteiger partial charge on any atom is 0.253 e. The first-order valence-corrected chi connectivity index (χ1v) is 10.0. The van der Waals surface area contributed by atoms with Crippen LogP contribution in [-0.2, 0) is 5.75 Å². The number of H-pyrrole nitrogens is 1. The van der Waals surface area contributed by atoms with Gasteiger partial charge in [-0.3, -0.25) is 9.89 Å². The summed E-state index contributed by atoms with van der Waals surface area (Å²) in [5.41, 5.74) is 2.81. The summed E-state index contributed by atoms with van der Waals surface area (Å²) >= 11 is 1.57. The number of hydrogen-bond acceptors (Lipinski definition) is 5. The van der Waals surface area contributed by atoms with Gasteiger partial charge in [0, 0.05) is 43.2 Å². The first kappa shape index (κ1) is 18.5. The van der Waals surface area contributed by atoms with Crippen LogP contribution in [-0.4, -0.2) is 52.2 Å². The number of carbonyl (C=O) groups excluding carboxylic acids is 1. The molecule has 0 atom stereocenters. The highest BCUT2D eigenvalue weighted by molar-refractivity contribution is 7.98. The van der Waals surface area contributed by atoms with Crippen molar-refractivity contribution in [2.24, 2.45) is 0 Å². The van der Waals surface area contributed by atoms with Gasteiger partial charge in [0.05, 0.1) is 0 Å². The second-order valence-corrected chi connectivity index (χ2v) is 7.50. The van der Waals surface area contributed by atoms with Crippen LogP contribution in [0.3, 0.4) is 0 Å². The summed E-state index contributed by atoms with van der Waals surface area (Å²) in [6.45, 7) is 2.78.